The van der Waals surface area contributed by atoms with E-state index < -0.39 is 21.9 Å². The van der Waals surface area contributed by atoms with Gasteiger partial charge in [0.1, 0.15) is 5.75 Å². The molecule has 8 heteroatoms. The van der Waals surface area contributed by atoms with Gasteiger partial charge in [0, 0.05) is 13.1 Å². The van der Waals surface area contributed by atoms with Gasteiger partial charge in [0.05, 0.1) is 13.0 Å². The Hall–Kier alpha value is -1.12. The number of sulfonamides is 1. The number of hydrogen-bond donors (Lipinski definition) is 1. The van der Waals surface area contributed by atoms with E-state index in [0.717, 1.165) is 11.3 Å². The number of rotatable bonds is 4. The third kappa shape index (κ3) is 2.23. The topological polar surface area (TPSA) is 83.9 Å². The fourth-order valence-electron chi connectivity index (χ4n) is 1.89. The highest BCUT2D eigenvalue weighted by atomic mass is 32.2. The van der Waals surface area contributed by atoms with Gasteiger partial charge < -0.3 is 9.84 Å². The Bertz CT molecular complexity index is 550. The first-order valence-electron chi connectivity index (χ1n) is 5.31. The van der Waals surface area contributed by atoms with Gasteiger partial charge in [-0.2, -0.15) is 4.31 Å². The Balaban J connectivity index is 2.26. The summed E-state index contributed by atoms with van der Waals surface area (Å²) < 4.78 is 31.0. The van der Waals surface area contributed by atoms with E-state index in [-0.39, 0.29) is 17.3 Å². The predicted octanol–water partition coefficient (Wildman–Crippen LogP) is 0.852. The summed E-state index contributed by atoms with van der Waals surface area (Å²) in [6.07, 6.45) is 0.349. The first-order chi connectivity index (χ1) is 8.46. The van der Waals surface area contributed by atoms with E-state index in [2.05, 4.69) is 0 Å². The van der Waals surface area contributed by atoms with Crippen LogP contribution in [0, 0.1) is 5.92 Å². The quantitative estimate of drug-likeness (QED) is 0.889. The van der Waals surface area contributed by atoms with Crippen molar-refractivity contribution in [3.63, 3.8) is 0 Å². The van der Waals surface area contributed by atoms with Gasteiger partial charge >= 0.3 is 5.97 Å². The van der Waals surface area contributed by atoms with Gasteiger partial charge in [-0.25, -0.2) is 8.42 Å². The van der Waals surface area contributed by atoms with Crippen LogP contribution in [0.1, 0.15) is 6.42 Å². The minimum Gasteiger partial charge on any atom is -0.494 e. The molecule has 1 aliphatic heterocycles. The van der Waals surface area contributed by atoms with Gasteiger partial charge in [-0.15, -0.1) is 11.3 Å². The lowest BCUT2D eigenvalue weighted by molar-refractivity contribution is -0.141. The molecule has 1 aromatic rings. The van der Waals surface area contributed by atoms with Crippen molar-refractivity contribution in [3.05, 3.63) is 11.4 Å². The first kappa shape index (κ1) is 13.3. The monoisotopic (exact) mass is 291 g/mol. The maximum atomic E-state index is 12.3. The average molecular weight is 291 g/mol. The van der Waals surface area contributed by atoms with Crippen molar-refractivity contribution in [3.8, 4) is 5.75 Å². The number of aliphatic carboxylic acids is 1. The summed E-state index contributed by atoms with van der Waals surface area (Å²) in [6.45, 7) is 0.263. The summed E-state index contributed by atoms with van der Waals surface area (Å²) >= 11 is 1.08. The Labute approximate surface area is 109 Å². The molecule has 1 fully saturated rings. The number of ether oxygens (including phenoxy) is 1. The molecule has 1 aliphatic rings. The maximum absolute atomic E-state index is 12.3. The zero-order chi connectivity index (χ0) is 13.3. The van der Waals surface area contributed by atoms with Crippen LogP contribution in [0.2, 0.25) is 0 Å². The van der Waals surface area contributed by atoms with Crippen molar-refractivity contribution in [1.29, 1.82) is 0 Å². The molecule has 0 bridgehead atoms. The van der Waals surface area contributed by atoms with E-state index in [9.17, 15) is 13.2 Å². The molecule has 0 spiro atoms. The molecule has 6 nitrogen and oxygen atoms in total. The Morgan fingerprint density at radius 1 is 1.61 bits per heavy atom. The number of hydrogen-bond acceptors (Lipinski definition) is 5. The summed E-state index contributed by atoms with van der Waals surface area (Å²) in [7, 11) is -2.23. The molecule has 1 saturated heterocycles. The van der Waals surface area contributed by atoms with E-state index in [1.54, 1.807) is 11.4 Å². The molecule has 2 rings (SSSR count). The molecule has 100 valence electrons. The standard InChI is InChI=1S/C10H13NO5S2/c1-16-8-3-5-17-10(8)18(14,15)11-4-2-7(6-11)9(12)13/h3,5,7H,2,4,6H2,1H3,(H,12,13). The van der Waals surface area contributed by atoms with E-state index in [1.165, 1.54) is 11.4 Å². The van der Waals surface area contributed by atoms with Crippen molar-refractivity contribution in [2.75, 3.05) is 20.2 Å². The molecular weight excluding hydrogens is 278 g/mol. The number of carbonyl (C=O) groups is 1. The number of carboxylic acids is 1. The molecule has 1 unspecified atom stereocenters. The van der Waals surface area contributed by atoms with Gasteiger partial charge in [0.25, 0.3) is 10.0 Å². The van der Waals surface area contributed by atoms with Crippen molar-refractivity contribution >= 4 is 27.3 Å². The van der Waals surface area contributed by atoms with Crippen LogP contribution in [0.3, 0.4) is 0 Å². The Kier molecular flexibility index (Phi) is 3.60. The van der Waals surface area contributed by atoms with E-state index in [4.69, 9.17) is 9.84 Å². The molecule has 1 N–H and O–H groups in total. The summed E-state index contributed by atoms with van der Waals surface area (Å²) in [5.41, 5.74) is 0. The van der Waals surface area contributed by atoms with Crippen LogP contribution in [-0.2, 0) is 14.8 Å². The molecule has 1 aromatic heterocycles. The normalized spacial score (nSPS) is 21.1. The molecular formula is C10H13NO5S2. The lowest BCUT2D eigenvalue weighted by atomic mass is 10.1. The minimum atomic E-state index is -3.64. The largest absolute Gasteiger partial charge is 0.494 e. The Morgan fingerprint density at radius 3 is 2.89 bits per heavy atom. The van der Waals surface area contributed by atoms with E-state index in [0.29, 0.717) is 12.2 Å². The van der Waals surface area contributed by atoms with Gasteiger partial charge in [-0.3, -0.25) is 4.79 Å². The molecule has 2 heterocycles. The van der Waals surface area contributed by atoms with Gasteiger partial charge in [0.15, 0.2) is 4.21 Å². The van der Waals surface area contributed by atoms with Crippen LogP contribution in [0.15, 0.2) is 15.7 Å². The fraction of sp³-hybridized carbons (Fsp3) is 0.500. The molecule has 18 heavy (non-hydrogen) atoms. The third-order valence-electron chi connectivity index (χ3n) is 2.89. The number of carboxylic acid groups (broad SMARTS) is 1. The van der Waals surface area contributed by atoms with Gasteiger partial charge in [-0.1, -0.05) is 0 Å². The second-order valence-electron chi connectivity index (χ2n) is 3.96. The van der Waals surface area contributed by atoms with Crippen molar-refractivity contribution in [1.82, 2.24) is 4.31 Å². The van der Waals surface area contributed by atoms with Gasteiger partial charge in [-0.05, 0) is 17.9 Å². The predicted molar refractivity (Wildman–Crippen MR) is 65.4 cm³/mol. The maximum Gasteiger partial charge on any atom is 0.307 e. The second-order valence-corrected chi connectivity index (χ2v) is 7.01. The van der Waals surface area contributed by atoms with Gasteiger partial charge in [0.2, 0.25) is 0 Å². The highest BCUT2D eigenvalue weighted by Crippen LogP contribution is 2.34. The average Bonchev–Trinajstić information content (AvgIpc) is 2.98. The van der Waals surface area contributed by atoms with Crippen LogP contribution < -0.4 is 4.74 Å². The van der Waals surface area contributed by atoms with Crippen LogP contribution in [-0.4, -0.2) is 44.0 Å². The number of methoxy groups -OCH3 is 1. The van der Waals surface area contributed by atoms with Crippen LogP contribution in [0.5, 0.6) is 5.75 Å². The smallest absolute Gasteiger partial charge is 0.307 e. The highest BCUT2D eigenvalue weighted by Gasteiger charge is 2.37. The zero-order valence-corrected chi connectivity index (χ0v) is 11.3. The molecule has 0 aliphatic carbocycles. The summed E-state index contributed by atoms with van der Waals surface area (Å²) in [5.74, 6) is -1.27. The van der Waals surface area contributed by atoms with Crippen LogP contribution in [0.4, 0.5) is 0 Å². The summed E-state index contributed by atoms with van der Waals surface area (Å²) in [6, 6.07) is 1.59. The minimum absolute atomic E-state index is 0.0265. The van der Waals surface area contributed by atoms with E-state index >= 15 is 0 Å². The van der Waals surface area contributed by atoms with E-state index in [1.807, 2.05) is 0 Å². The van der Waals surface area contributed by atoms with Crippen LogP contribution in [0.25, 0.3) is 0 Å². The molecule has 0 saturated carbocycles. The third-order valence-corrected chi connectivity index (χ3v) is 6.18. The fourth-order valence-corrected chi connectivity index (χ4v) is 4.80. The zero-order valence-electron chi connectivity index (χ0n) is 9.70. The first-order valence-corrected chi connectivity index (χ1v) is 7.63. The Morgan fingerprint density at radius 2 is 2.33 bits per heavy atom. The summed E-state index contributed by atoms with van der Waals surface area (Å²) in [4.78, 5) is 10.8. The lowest BCUT2D eigenvalue weighted by Gasteiger charge is -2.15. The molecule has 0 radical (unpaired) electrons. The lowest BCUT2D eigenvalue weighted by Crippen LogP contribution is -2.29. The van der Waals surface area contributed by atoms with Crippen molar-refractivity contribution in [2.24, 2.45) is 5.92 Å². The second kappa shape index (κ2) is 4.87. The van der Waals surface area contributed by atoms with Crippen LogP contribution >= 0.6 is 11.3 Å². The van der Waals surface area contributed by atoms with Crippen molar-refractivity contribution in [2.45, 2.75) is 10.6 Å². The number of thiophene rings is 1. The number of nitrogens with zero attached hydrogens (tertiary/aromatic N) is 1. The summed E-state index contributed by atoms with van der Waals surface area (Å²) in [5, 5.41) is 10.5. The molecule has 0 amide bonds. The van der Waals surface area contributed by atoms with Crippen molar-refractivity contribution < 1.29 is 23.1 Å². The highest BCUT2D eigenvalue weighted by molar-refractivity contribution is 7.91. The molecule has 0 aromatic carbocycles. The molecule has 1 atom stereocenters. The SMILES string of the molecule is COc1ccsc1S(=O)(=O)N1CCC(C(=O)O)C1.